The van der Waals surface area contributed by atoms with E-state index in [9.17, 15) is 4.79 Å². The fraction of sp³-hybridized carbons (Fsp3) is 0.250. The molecule has 0 saturated heterocycles. The fourth-order valence-electron chi connectivity index (χ4n) is 2.68. The molecule has 1 aromatic carbocycles. The van der Waals surface area contributed by atoms with E-state index >= 15 is 0 Å². The number of urea groups is 1. The van der Waals surface area contributed by atoms with Crippen LogP contribution in [0, 0.1) is 0 Å². The van der Waals surface area contributed by atoms with E-state index < -0.39 is 0 Å². The first-order chi connectivity index (χ1) is 12.7. The average molecular weight is 349 g/mol. The molecule has 3 aromatic rings. The second kappa shape index (κ2) is 8.80. The van der Waals surface area contributed by atoms with Crippen molar-refractivity contribution in [3.63, 3.8) is 0 Å². The van der Waals surface area contributed by atoms with Crippen molar-refractivity contribution in [3.8, 4) is 11.3 Å². The molecule has 0 unspecified atom stereocenters. The molecule has 0 bridgehead atoms. The molecule has 0 atom stereocenters. The van der Waals surface area contributed by atoms with Gasteiger partial charge in [0.05, 0.1) is 11.9 Å². The van der Waals surface area contributed by atoms with E-state index in [4.69, 9.17) is 0 Å². The summed E-state index contributed by atoms with van der Waals surface area (Å²) in [5, 5.41) is 9.93. The van der Waals surface area contributed by atoms with Gasteiger partial charge in [0.1, 0.15) is 0 Å². The Kier molecular flexibility index (Phi) is 5.98. The van der Waals surface area contributed by atoms with Crippen molar-refractivity contribution in [2.24, 2.45) is 7.05 Å². The molecule has 0 aliphatic rings. The molecule has 0 aliphatic carbocycles. The quantitative estimate of drug-likeness (QED) is 0.644. The zero-order chi connectivity index (χ0) is 18.2. The number of aryl methyl sites for hydroxylation is 2. The molecule has 0 saturated carbocycles. The van der Waals surface area contributed by atoms with Crippen LogP contribution in [0.2, 0.25) is 0 Å². The first kappa shape index (κ1) is 17.7. The lowest BCUT2D eigenvalue weighted by Crippen LogP contribution is -2.35. The molecule has 0 fully saturated rings. The first-order valence-corrected chi connectivity index (χ1v) is 8.70. The van der Waals surface area contributed by atoms with E-state index in [1.54, 1.807) is 17.1 Å². The number of amides is 2. The summed E-state index contributed by atoms with van der Waals surface area (Å²) in [5.41, 5.74) is 4.09. The zero-order valence-corrected chi connectivity index (χ0v) is 14.9. The minimum absolute atomic E-state index is 0.155. The second-order valence-electron chi connectivity index (χ2n) is 6.15. The number of hydrogen-bond acceptors (Lipinski definition) is 3. The smallest absolute Gasteiger partial charge is 0.315 e. The van der Waals surface area contributed by atoms with Crippen LogP contribution in [0.4, 0.5) is 4.79 Å². The molecule has 6 nitrogen and oxygen atoms in total. The highest BCUT2D eigenvalue weighted by Crippen LogP contribution is 2.16. The van der Waals surface area contributed by atoms with Crippen LogP contribution in [-0.4, -0.2) is 27.3 Å². The molecule has 134 valence electrons. The predicted octanol–water partition coefficient (Wildman–Crippen LogP) is 2.91. The maximum Gasteiger partial charge on any atom is 0.315 e. The van der Waals surface area contributed by atoms with Crippen LogP contribution in [0.15, 0.2) is 61.1 Å². The summed E-state index contributed by atoms with van der Waals surface area (Å²) >= 11 is 0. The lowest BCUT2D eigenvalue weighted by Gasteiger charge is -2.08. The number of nitrogens with one attached hydrogen (secondary N) is 2. The van der Waals surface area contributed by atoms with Crippen LogP contribution in [-0.2, 0) is 20.0 Å². The van der Waals surface area contributed by atoms with Gasteiger partial charge in [0.2, 0.25) is 0 Å². The Morgan fingerprint density at radius 1 is 1.12 bits per heavy atom. The van der Waals surface area contributed by atoms with Gasteiger partial charge in [0, 0.05) is 38.1 Å². The maximum atomic E-state index is 11.9. The number of benzene rings is 1. The van der Waals surface area contributed by atoms with E-state index in [0.29, 0.717) is 13.1 Å². The predicted molar refractivity (Wildman–Crippen MR) is 101 cm³/mol. The van der Waals surface area contributed by atoms with Crippen LogP contribution in [0.5, 0.6) is 0 Å². The number of pyridine rings is 1. The highest BCUT2D eigenvalue weighted by Gasteiger charge is 2.05. The third kappa shape index (κ3) is 5.17. The van der Waals surface area contributed by atoms with E-state index in [2.05, 4.69) is 32.8 Å². The monoisotopic (exact) mass is 349 g/mol. The van der Waals surface area contributed by atoms with Crippen molar-refractivity contribution >= 4 is 6.03 Å². The molecule has 2 aromatic heterocycles. The standard InChI is InChI=1S/C20H23N5O/c1-25-15-18(14-24-25)19-12-17(9-11-21-19)13-23-20(26)22-10-5-8-16-6-3-2-4-7-16/h2-4,6-7,9,11-12,14-15H,5,8,10,13H2,1H3,(H2,22,23,26). The van der Waals surface area contributed by atoms with E-state index in [1.165, 1.54) is 5.56 Å². The largest absolute Gasteiger partial charge is 0.338 e. The van der Waals surface area contributed by atoms with Gasteiger partial charge < -0.3 is 10.6 Å². The summed E-state index contributed by atoms with van der Waals surface area (Å²) in [6, 6.07) is 14.0. The number of aromatic nitrogens is 3. The third-order valence-electron chi connectivity index (χ3n) is 4.05. The van der Waals surface area contributed by atoms with Crippen LogP contribution in [0.3, 0.4) is 0 Å². The van der Waals surface area contributed by atoms with Crippen LogP contribution in [0.1, 0.15) is 17.5 Å². The summed E-state index contributed by atoms with van der Waals surface area (Å²) < 4.78 is 1.74. The van der Waals surface area contributed by atoms with Crippen LogP contribution in [0.25, 0.3) is 11.3 Å². The van der Waals surface area contributed by atoms with Gasteiger partial charge in [0.15, 0.2) is 0 Å². The van der Waals surface area contributed by atoms with Crippen molar-refractivity contribution in [3.05, 3.63) is 72.2 Å². The second-order valence-corrected chi connectivity index (χ2v) is 6.15. The molecular formula is C20H23N5O. The van der Waals surface area contributed by atoms with Crippen molar-refractivity contribution in [1.29, 1.82) is 0 Å². The summed E-state index contributed by atoms with van der Waals surface area (Å²) in [7, 11) is 1.87. The molecular weight excluding hydrogens is 326 g/mol. The average Bonchev–Trinajstić information content (AvgIpc) is 3.11. The zero-order valence-electron chi connectivity index (χ0n) is 14.9. The molecule has 2 heterocycles. The molecule has 0 aliphatic heterocycles. The number of carbonyl (C=O) groups is 1. The molecule has 0 spiro atoms. The highest BCUT2D eigenvalue weighted by atomic mass is 16.2. The van der Waals surface area contributed by atoms with Gasteiger partial charge >= 0.3 is 6.03 Å². The Labute approximate surface area is 153 Å². The molecule has 0 radical (unpaired) electrons. The first-order valence-electron chi connectivity index (χ1n) is 8.70. The SMILES string of the molecule is Cn1cc(-c2cc(CNC(=O)NCCCc3ccccc3)ccn2)cn1. The highest BCUT2D eigenvalue weighted by molar-refractivity contribution is 5.73. The van der Waals surface area contributed by atoms with Crippen molar-refractivity contribution < 1.29 is 4.79 Å². The van der Waals surface area contributed by atoms with Gasteiger partial charge in [-0.1, -0.05) is 30.3 Å². The summed E-state index contributed by atoms with van der Waals surface area (Å²) in [6.45, 7) is 1.11. The summed E-state index contributed by atoms with van der Waals surface area (Å²) in [6.07, 6.45) is 7.31. The van der Waals surface area contributed by atoms with Crippen molar-refractivity contribution in [1.82, 2.24) is 25.4 Å². The number of nitrogens with zero attached hydrogens (tertiary/aromatic N) is 3. The topological polar surface area (TPSA) is 71.8 Å². The van der Waals surface area contributed by atoms with Gasteiger partial charge in [0.25, 0.3) is 0 Å². The molecule has 6 heteroatoms. The fourth-order valence-corrected chi connectivity index (χ4v) is 2.68. The maximum absolute atomic E-state index is 11.9. The number of carbonyl (C=O) groups excluding carboxylic acids is 1. The van der Waals surface area contributed by atoms with Crippen LogP contribution >= 0.6 is 0 Å². The van der Waals surface area contributed by atoms with Gasteiger partial charge in [-0.2, -0.15) is 5.10 Å². The van der Waals surface area contributed by atoms with E-state index in [1.807, 2.05) is 43.6 Å². The van der Waals surface area contributed by atoms with Gasteiger partial charge in [-0.3, -0.25) is 9.67 Å². The lowest BCUT2D eigenvalue weighted by atomic mass is 10.1. The molecule has 26 heavy (non-hydrogen) atoms. The Hall–Kier alpha value is -3.15. The van der Waals surface area contributed by atoms with E-state index in [0.717, 1.165) is 29.7 Å². The minimum Gasteiger partial charge on any atom is -0.338 e. The summed E-state index contributed by atoms with van der Waals surface area (Å²) in [5.74, 6) is 0. The molecule has 3 rings (SSSR count). The minimum atomic E-state index is -0.155. The Bertz CT molecular complexity index is 844. The lowest BCUT2D eigenvalue weighted by molar-refractivity contribution is 0.240. The molecule has 2 amide bonds. The Morgan fingerprint density at radius 2 is 1.96 bits per heavy atom. The van der Waals surface area contributed by atoms with Crippen molar-refractivity contribution in [2.75, 3.05) is 6.54 Å². The van der Waals surface area contributed by atoms with E-state index in [-0.39, 0.29) is 6.03 Å². The Morgan fingerprint density at radius 3 is 2.73 bits per heavy atom. The van der Waals surface area contributed by atoms with Gasteiger partial charge in [-0.25, -0.2) is 4.79 Å². The normalized spacial score (nSPS) is 10.5. The van der Waals surface area contributed by atoms with Crippen LogP contribution < -0.4 is 10.6 Å². The summed E-state index contributed by atoms with van der Waals surface area (Å²) in [4.78, 5) is 16.3. The molecule has 2 N–H and O–H groups in total. The number of hydrogen-bond donors (Lipinski definition) is 2. The number of rotatable bonds is 7. The van der Waals surface area contributed by atoms with Crippen molar-refractivity contribution in [2.45, 2.75) is 19.4 Å². The third-order valence-corrected chi connectivity index (χ3v) is 4.05. The van der Waals surface area contributed by atoms with Gasteiger partial charge in [-0.15, -0.1) is 0 Å². The van der Waals surface area contributed by atoms with Gasteiger partial charge in [-0.05, 0) is 36.1 Å². The Balaban J connectivity index is 1.41.